The summed E-state index contributed by atoms with van der Waals surface area (Å²) < 4.78 is 40.0. The summed E-state index contributed by atoms with van der Waals surface area (Å²) >= 11 is 0. The summed E-state index contributed by atoms with van der Waals surface area (Å²) in [6.45, 7) is 4.75. The second kappa shape index (κ2) is 10.6. The van der Waals surface area contributed by atoms with Crippen LogP contribution in [0.2, 0.25) is 0 Å². The summed E-state index contributed by atoms with van der Waals surface area (Å²) in [4.78, 5) is 19.6. The molecule has 0 atom stereocenters. The van der Waals surface area contributed by atoms with E-state index in [9.17, 15) is 13.2 Å². The van der Waals surface area contributed by atoms with Crippen LogP contribution in [0.15, 0.2) is 53.8 Å². The van der Waals surface area contributed by atoms with Gasteiger partial charge in [0.25, 0.3) is 5.91 Å². The molecule has 0 radical (unpaired) electrons. The van der Waals surface area contributed by atoms with Crippen LogP contribution in [-0.2, 0) is 22.1 Å². The molecule has 2 aromatic carbocycles. The van der Waals surface area contributed by atoms with Crippen LogP contribution in [0.1, 0.15) is 72.2 Å². The molecule has 9 heteroatoms. The minimum absolute atomic E-state index is 0.0490. The van der Waals surface area contributed by atoms with Crippen molar-refractivity contribution in [2.45, 2.75) is 69.4 Å². The quantitative estimate of drug-likeness (QED) is 0.410. The van der Waals surface area contributed by atoms with Gasteiger partial charge in [0.15, 0.2) is 11.5 Å². The second-order valence-electron chi connectivity index (χ2n) is 9.83. The van der Waals surface area contributed by atoms with Gasteiger partial charge in [0.05, 0.1) is 24.2 Å². The first kappa shape index (κ1) is 25.3. The van der Waals surface area contributed by atoms with Crippen molar-refractivity contribution in [1.82, 2.24) is 14.5 Å². The molecule has 196 valence electrons. The van der Waals surface area contributed by atoms with Crippen molar-refractivity contribution in [2.24, 2.45) is 0 Å². The van der Waals surface area contributed by atoms with Crippen LogP contribution in [0.3, 0.4) is 0 Å². The van der Waals surface area contributed by atoms with Crippen LogP contribution < -0.4 is 9.47 Å². The van der Waals surface area contributed by atoms with Gasteiger partial charge in [-0.3, -0.25) is 4.79 Å². The third-order valence-corrected chi connectivity index (χ3v) is 8.71. The Morgan fingerprint density at radius 3 is 2.62 bits per heavy atom. The van der Waals surface area contributed by atoms with E-state index in [4.69, 9.17) is 9.47 Å². The second-order valence-corrected chi connectivity index (χ2v) is 11.7. The third-order valence-electron chi connectivity index (χ3n) is 7.14. The Morgan fingerprint density at radius 1 is 1.08 bits per heavy atom. The summed E-state index contributed by atoms with van der Waals surface area (Å²) in [5.41, 5.74) is 3.00. The third kappa shape index (κ3) is 5.37. The van der Waals surface area contributed by atoms with Gasteiger partial charge in [0, 0.05) is 18.2 Å². The molecule has 0 N–H and O–H groups in total. The first-order chi connectivity index (χ1) is 17.9. The summed E-state index contributed by atoms with van der Waals surface area (Å²) in [5, 5.41) is 0.0995. The molecule has 3 aromatic rings. The fraction of sp³-hybridized carbons (Fsp3) is 0.429. The summed E-state index contributed by atoms with van der Waals surface area (Å²) in [7, 11) is -3.69. The van der Waals surface area contributed by atoms with Crippen LogP contribution in [0, 0.1) is 6.92 Å². The maximum absolute atomic E-state index is 13.6. The summed E-state index contributed by atoms with van der Waals surface area (Å²) in [5.74, 6) is 0.921. The van der Waals surface area contributed by atoms with Gasteiger partial charge < -0.3 is 18.9 Å². The van der Waals surface area contributed by atoms with Crippen molar-refractivity contribution in [3.05, 3.63) is 71.0 Å². The van der Waals surface area contributed by atoms with Crippen molar-refractivity contribution in [1.29, 1.82) is 0 Å². The van der Waals surface area contributed by atoms with E-state index in [1.54, 1.807) is 29.3 Å². The SMILES string of the molecule is CCN(Cc1cnc(S(=O)(=O)Cc2cccc(C)c2)n1C1CCCCC1)C(=O)c1ccc2c(c1)OCO2. The molecule has 1 fully saturated rings. The minimum atomic E-state index is -3.69. The van der Waals surface area contributed by atoms with Crippen molar-refractivity contribution in [3.8, 4) is 11.5 Å². The lowest BCUT2D eigenvalue weighted by Gasteiger charge is -2.28. The number of aryl methyl sites for hydroxylation is 1. The molecule has 0 spiro atoms. The van der Waals surface area contributed by atoms with Crippen molar-refractivity contribution in [2.75, 3.05) is 13.3 Å². The molecule has 37 heavy (non-hydrogen) atoms. The van der Waals surface area contributed by atoms with Gasteiger partial charge in [0.1, 0.15) is 0 Å². The first-order valence-corrected chi connectivity index (χ1v) is 14.5. The van der Waals surface area contributed by atoms with Gasteiger partial charge >= 0.3 is 0 Å². The van der Waals surface area contributed by atoms with E-state index < -0.39 is 9.84 Å². The normalized spacial score (nSPS) is 15.6. The zero-order valence-corrected chi connectivity index (χ0v) is 22.2. The minimum Gasteiger partial charge on any atom is -0.454 e. The van der Waals surface area contributed by atoms with E-state index in [1.165, 1.54) is 0 Å². The van der Waals surface area contributed by atoms with E-state index in [0.29, 0.717) is 23.6 Å². The number of benzene rings is 2. The van der Waals surface area contributed by atoms with Gasteiger partial charge in [-0.25, -0.2) is 13.4 Å². The molecule has 5 rings (SSSR count). The fourth-order valence-electron chi connectivity index (χ4n) is 5.27. The van der Waals surface area contributed by atoms with E-state index in [0.717, 1.165) is 48.9 Å². The lowest BCUT2D eigenvalue weighted by Crippen LogP contribution is -2.32. The lowest BCUT2D eigenvalue weighted by molar-refractivity contribution is 0.0746. The molecule has 2 heterocycles. The summed E-state index contributed by atoms with van der Waals surface area (Å²) in [6.07, 6.45) is 6.68. The van der Waals surface area contributed by atoms with E-state index in [2.05, 4.69) is 4.98 Å². The number of carbonyl (C=O) groups is 1. The number of imidazole rings is 1. The van der Waals surface area contributed by atoms with E-state index in [-0.39, 0.29) is 36.2 Å². The maximum Gasteiger partial charge on any atom is 0.254 e. The fourth-order valence-corrected chi connectivity index (χ4v) is 6.80. The molecule has 0 saturated heterocycles. The molecule has 0 bridgehead atoms. The largest absolute Gasteiger partial charge is 0.454 e. The number of nitrogens with zero attached hydrogens (tertiary/aromatic N) is 3. The van der Waals surface area contributed by atoms with Crippen LogP contribution >= 0.6 is 0 Å². The average Bonchev–Trinajstić information content (AvgIpc) is 3.54. The number of sulfone groups is 1. The van der Waals surface area contributed by atoms with Gasteiger partial charge in [-0.2, -0.15) is 0 Å². The predicted octanol–water partition coefficient (Wildman–Crippen LogP) is 5.06. The number of hydrogen-bond donors (Lipinski definition) is 0. The zero-order chi connectivity index (χ0) is 26.0. The number of carbonyl (C=O) groups excluding carboxylic acids is 1. The highest BCUT2D eigenvalue weighted by Crippen LogP contribution is 2.34. The number of amides is 1. The predicted molar refractivity (Wildman–Crippen MR) is 139 cm³/mol. The molecule has 8 nitrogen and oxygen atoms in total. The van der Waals surface area contributed by atoms with Crippen LogP contribution in [0.5, 0.6) is 11.5 Å². The molecule has 1 aliphatic carbocycles. The highest BCUT2D eigenvalue weighted by Gasteiger charge is 2.30. The van der Waals surface area contributed by atoms with Crippen molar-refractivity contribution in [3.63, 3.8) is 0 Å². The Labute approximate surface area is 218 Å². The number of fused-ring (bicyclic) bond motifs is 1. The number of ether oxygens (including phenoxy) is 2. The molecular formula is C28H33N3O5S. The van der Waals surface area contributed by atoms with Crippen LogP contribution in [0.25, 0.3) is 0 Å². The molecule has 2 aliphatic rings. The highest BCUT2D eigenvalue weighted by molar-refractivity contribution is 7.90. The number of hydrogen-bond acceptors (Lipinski definition) is 6. The molecule has 1 amide bonds. The molecule has 1 aromatic heterocycles. The smallest absolute Gasteiger partial charge is 0.254 e. The topological polar surface area (TPSA) is 90.7 Å². The first-order valence-electron chi connectivity index (χ1n) is 12.9. The molecule has 0 unspecified atom stereocenters. The van der Waals surface area contributed by atoms with E-state index >= 15 is 0 Å². The average molecular weight is 524 g/mol. The summed E-state index contributed by atoms with van der Waals surface area (Å²) in [6, 6.07) is 12.8. The Hall–Kier alpha value is -3.33. The standard InChI is InChI=1S/C28H33N3O5S/c1-3-30(27(32)22-12-13-25-26(15-22)36-19-35-25)17-24-16-29-28(31(24)23-10-5-4-6-11-23)37(33,34)18-21-9-7-8-20(2)14-21/h7-9,12-16,23H,3-6,10-11,17-19H2,1-2H3. The van der Waals surface area contributed by atoms with Gasteiger partial charge in [0.2, 0.25) is 21.8 Å². The van der Waals surface area contributed by atoms with E-state index in [1.807, 2.05) is 42.7 Å². The van der Waals surface area contributed by atoms with Gasteiger partial charge in [-0.05, 0) is 50.5 Å². The van der Waals surface area contributed by atoms with Crippen molar-refractivity contribution >= 4 is 15.7 Å². The van der Waals surface area contributed by atoms with Gasteiger partial charge in [-0.15, -0.1) is 0 Å². The Morgan fingerprint density at radius 2 is 1.86 bits per heavy atom. The molecule has 1 saturated carbocycles. The lowest BCUT2D eigenvalue weighted by atomic mass is 9.95. The van der Waals surface area contributed by atoms with Crippen LogP contribution in [-0.4, -0.2) is 42.1 Å². The Bertz CT molecular complexity index is 1390. The Kier molecular flexibility index (Phi) is 7.24. The van der Waals surface area contributed by atoms with Crippen LogP contribution in [0.4, 0.5) is 0 Å². The van der Waals surface area contributed by atoms with Crippen molar-refractivity contribution < 1.29 is 22.7 Å². The monoisotopic (exact) mass is 523 g/mol. The maximum atomic E-state index is 13.6. The molecule has 1 aliphatic heterocycles. The highest BCUT2D eigenvalue weighted by atomic mass is 32.2. The molecular weight excluding hydrogens is 490 g/mol. The Balaban J connectivity index is 1.46. The zero-order valence-electron chi connectivity index (χ0n) is 21.4. The number of aromatic nitrogens is 2. The van der Waals surface area contributed by atoms with Gasteiger partial charge in [-0.1, -0.05) is 49.1 Å². The number of rotatable bonds is 8.